The number of hydrogen-bond acceptors (Lipinski definition) is 6. The lowest BCUT2D eigenvalue weighted by molar-refractivity contribution is -0.870. The number of esters is 1. The summed E-state index contributed by atoms with van der Waals surface area (Å²) in [5.74, 6) is -0.547. The highest BCUT2D eigenvalue weighted by atomic mass is 31.2. The average molecular weight is 1060 g/mol. The van der Waals surface area contributed by atoms with Crippen molar-refractivity contribution in [3.8, 4) is 0 Å². The standard InChI is InChI=1S/C64H115N2O7P/c1-7-10-13-16-19-22-25-28-30-32-33-35-36-38-41-44-47-50-53-56-63(67)65-61(60-72-74(69,70)71-59-58-66(4,5)6)62(55-52-49-46-43-40-27-24-21-18-15-12-9-3)73-64(68)57-54-51-48-45-42-39-37-34-31-29-26-23-20-17-14-11-8-2/h19-20,22-23,28-31,33,35,37,39,52,55,61-62H,7-18,21,24-27,32,34,36,38,40-51,53-54,56-60H2,1-6H3,(H-,65,67,69,70)/p+1/b22-19-,23-20-,30-28-,31-29-,35-33-,39-37-,55-52+. The fourth-order valence-electron chi connectivity index (χ4n) is 8.31. The molecule has 0 aromatic heterocycles. The lowest BCUT2D eigenvalue weighted by Gasteiger charge is -2.27. The number of quaternary nitrogens is 1. The molecule has 9 nitrogen and oxygen atoms in total. The third-order valence-corrected chi connectivity index (χ3v) is 14.0. The van der Waals surface area contributed by atoms with E-state index >= 15 is 0 Å². The van der Waals surface area contributed by atoms with Gasteiger partial charge in [-0.1, -0.05) is 222 Å². The minimum absolute atomic E-state index is 0.0301. The van der Waals surface area contributed by atoms with Crippen LogP contribution in [-0.2, 0) is 27.9 Å². The molecule has 1 amide bonds. The number of carbonyl (C=O) groups is 2. The predicted molar refractivity (Wildman–Crippen MR) is 318 cm³/mol. The van der Waals surface area contributed by atoms with Gasteiger partial charge in [0.05, 0.1) is 33.8 Å². The summed E-state index contributed by atoms with van der Waals surface area (Å²) in [6.07, 6.45) is 70.0. The van der Waals surface area contributed by atoms with Crippen molar-refractivity contribution in [2.45, 2.75) is 270 Å². The van der Waals surface area contributed by atoms with E-state index in [9.17, 15) is 19.0 Å². The Hall–Kier alpha value is -2.81. The van der Waals surface area contributed by atoms with Crippen LogP contribution in [0.1, 0.15) is 258 Å². The molecule has 0 heterocycles. The molecule has 0 aliphatic rings. The monoisotopic (exact) mass is 1060 g/mol. The van der Waals surface area contributed by atoms with Gasteiger partial charge in [-0.15, -0.1) is 0 Å². The zero-order valence-electron chi connectivity index (χ0n) is 48.8. The normalized spacial score (nSPS) is 14.3. The second kappa shape index (κ2) is 53.6. The van der Waals surface area contributed by atoms with Gasteiger partial charge in [0, 0.05) is 12.8 Å². The van der Waals surface area contributed by atoms with Crippen molar-refractivity contribution in [2.24, 2.45) is 0 Å². The topological polar surface area (TPSA) is 111 Å². The summed E-state index contributed by atoms with van der Waals surface area (Å²) in [7, 11) is 1.46. The molecule has 74 heavy (non-hydrogen) atoms. The van der Waals surface area contributed by atoms with Gasteiger partial charge in [0.1, 0.15) is 19.3 Å². The van der Waals surface area contributed by atoms with E-state index in [0.717, 1.165) is 109 Å². The molecule has 3 atom stereocenters. The Balaban J connectivity index is 5.36. The first kappa shape index (κ1) is 71.2. The first-order valence-corrected chi connectivity index (χ1v) is 31.9. The minimum Gasteiger partial charge on any atom is -0.456 e. The van der Waals surface area contributed by atoms with Gasteiger partial charge in [0.15, 0.2) is 0 Å². The second-order valence-electron chi connectivity index (χ2n) is 21.5. The Kier molecular flexibility index (Phi) is 51.5. The van der Waals surface area contributed by atoms with Crippen LogP contribution in [0.5, 0.6) is 0 Å². The SMILES string of the molecule is CCCCC/C=C\C/C=C\C/C=C\CCCCCCCCC(=O)NC(COP(=O)(O)OCC[N+](C)(C)C)C(/C=C/CCCCCCCCCCCC)OC(=O)CCCCCC/C=C\C/C=C\C/C=C\CCCCC. The van der Waals surface area contributed by atoms with Crippen LogP contribution in [-0.4, -0.2) is 74.3 Å². The molecule has 0 fully saturated rings. The number of phosphoric ester groups is 1. The molecule has 0 saturated carbocycles. The van der Waals surface area contributed by atoms with Crippen molar-refractivity contribution in [1.29, 1.82) is 0 Å². The quantitative estimate of drug-likeness (QED) is 0.0205. The van der Waals surface area contributed by atoms with Gasteiger partial charge in [0.2, 0.25) is 5.91 Å². The lowest BCUT2D eigenvalue weighted by Crippen LogP contribution is -2.47. The largest absolute Gasteiger partial charge is 0.472 e. The second-order valence-corrected chi connectivity index (χ2v) is 23.0. The number of nitrogens with one attached hydrogen (secondary N) is 1. The fourth-order valence-corrected chi connectivity index (χ4v) is 9.04. The van der Waals surface area contributed by atoms with Gasteiger partial charge >= 0.3 is 13.8 Å². The summed E-state index contributed by atoms with van der Waals surface area (Å²) >= 11 is 0. The van der Waals surface area contributed by atoms with Gasteiger partial charge in [-0.25, -0.2) is 4.57 Å². The van der Waals surface area contributed by atoms with Crippen molar-refractivity contribution in [1.82, 2.24) is 5.32 Å². The zero-order valence-corrected chi connectivity index (χ0v) is 49.7. The zero-order chi connectivity index (χ0) is 54.3. The van der Waals surface area contributed by atoms with Crippen LogP contribution in [0.25, 0.3) is 0 Å². The number of amides is 1. The molecule has 0 radical (unpaired) electrons. The Morgan fingerprint density at radius 2 is 0.824 bits per heavy atom. The molecule has 0 aliphatic heterocycles. The smallest absolute Gasteiger partial charge is 0.456 e. The summed E-state index contributed by atoms with van der Waals surface area (Å²) in [6.45, 7) is 6.93. The number of carbonyl (C=O) groups excluding carboxylic acids is 2. The molecule has 10 heteroatoms. The molecular formula is C64H116N2O7P+. The van der Waals surface area contributed by atoms with Crippen LogP contribution < -0.4 is 5.32 Å². The van der Waals surface area contributed by atoms with E-state index in [0.29, 0.717) is 23.9 Å². The number of nitrogens with zero attached hydrogens (tertiary/aromatic N) is 1. The van der Waals surface area contributed by atoms with Crippen molar-refractivity contribution in [3.05, 3.63) is 85.1 Å². The first-order valence-electron chi connectivity index (χ1n) is 30.4. The van der Waals surface area contributed by atoms with Crippen molar-refractivity contribution in [2.75, 3.05) is 40.9 Å². The summed E-state index contributed by atoms with van der Waals surface area (Å²) in [4.78, 5) is 37.7. The number of hydrogen-bond donors (Lipinski definition) is 2. The molecule has 2 N–H and O–H groups in total. The molecule has 0 aromatic carbocycles. The maximum Gasteiger partial charge on any atom is 0.472 e. The van der Waals surface area contributed by atoms with E-state index in [2.05, 4.69) is 99.0 Å². The molecule has 0 saturated heterocycles. The summed E-state index contributed by atoms with van der Waals surface area (Å²) in [6, 6.07) is -0.868. The van der Waals surface area contributed by atoms with E-state index in [4.69, 9.17) is 13.8 Å². The minimum atomic E-state index is -4.46. The fraction of sp³-hybridized carbons (Fsp3) is 0.750. The highest BCUT2D eigenvalue weighted by Gasteiger charge is 2.30. The molecule has 0 rings (SSSR count). The van der Waals surface area contributed by atoms with Gasteiger partial charge in [0.25, 0.3) is 0 Å². The average Bonchev–Trinajstić information content (AvgIpc) is 3.36. The van der Waals surface area contributed by atoms with E-state index in [1.165, 1.54) is 109 Å². The van der Waals surface area contributed by atoms with Crippen LogP contribution in [0.3, 0.4) is 0 Å². The van der Waals surface area contributed by atoms with Crippen molar-refractivity contribution in [3.63, 3.8) is 0 Å². The number of ether oxygens (including phenoxy) is 1. The van der Waals surface area contributed by atoms with Gasteiger partial charge in [-0.05, 0) is 109 Å². The van der Waals surface area contributed by atoms with Crippen molar-refractivity contribution < 1.29 is 37.3 Å². The van der Waals surface area contributed by atoms with Crippen LogP contribution in [0.15, 0.2) is 85.1 Å². The Labute approximate surface area is 456 Å². The molecular weight excluding hydrogens is 940 g/mol. The summed E-state index contributed by atoms with van der Waals surface area (Å²) < 4.78 is 30.6. The number of unbranched alkanes of at least 4 members (excludes halogenated alkanes) is 26. The van der Waals surface area contributed by atoms with Gasteiger partial charge in [-0.2, -0.15) is 0 Å². The molecule has 3 unspecified atom stereocenters. The number of phosphoric acid groups is 1. The maximum absolute atomic E-state index is 13.5. The molecule has 0 aromatic rings. The Morgan fingerprint density at radius 1 is 0.473 bits per heavy atom. The van der Waals surface area contributed by atoms with E-state index in [1.54, 1.807) is 0 Å². The number of likely N-dealkylation sites (N-methyl/N-ethyl adjacent to an activating group) is 1. The van der Waals surface area contributed by atoms with Gasteiger partial charge < -0.3 is 19.4 Å². The van der Waals surface area contributed by atoms with Crippen molar-refractivity contribution >= 4 is 19.7 Å². The van der Waals surface area contributed by atoms with Crippen LogP contribution in [0.4, 0.5) is 0 Å². The van der Waals surface area contributed by atoms with E-state index < -0.39 is 20.0 Å². The Bertz CT molecular complexity index is 1540. The first-order chi connectivity index (χ1) is 35.9. The van der Waals surface area contributed by atoms with Crippen LogP contribution >= 0.6 is 7.82 Å². The molecule has 0 bridgehead atoms. The highest BCUT2D eigenvalue weighted by Crippen LogP contribution is 2.43. The lowest BCUT2D eigenvalue weighted by atomic mass is 10.0. The predicted octanol–water partition coefficient (Wildman–Crippen LogP) is 18.6. The molecule has 428 valence electrons. The highest BCUT2D eigenvalue weighted by molar-refractivity contribution is 7.47. The number of rotatable bonds is 54. The number of allylic oxidation sites excluding steroid dienone is 13. The summed E-state index contributed by atoms with van der Waals surface area (Å²) in [5, 5.41) is 3.04. The third kappa shape index (κ3) is 54.0. The van der Waals surface area contributed by atoms with Crippen LogP contribution in [0.2, 0.25) is 0 Å². The van der Waals surface area contributed by atoms with E-state index in [-0.39, 0.29) is 31.5 Å². The summed E-state index contributed by atoms with van der Waals surface area (Å²) in [5.41, 5.74) is 0. The van der Waals surface area contributed by atoms with Crippen LogP contribution in [0, 0.1) is 0 Å². The molecule has 0 spiro atoms. The Morgan fingerprint density at radius 3 is 1.26 bits per heavy atom. The van der Waals surface area contributed by atoms with Gasteiger partial charge in [-0.3, -0.25) is 18.6 Å². The van der Waals surface area contributed by atoms with E-state index in [1.807, 2.05) is 33.3 Å². The molecule has 0 aliphatic carbocycles. The third-order valence-electron chi connectivity index (χ3n) is 13.1. The maximum atomic E-state index is 13.5.